The van der Waals surface area contributed by atoms with Crippen LogP contribution in [0.15, 0.2) is 52.9 Å². The molecule has 0 radical (unpaired) electrons. The predicted molar refractivity (Wildman–Crippen MR) is 97.7 cm³/mol. The topological polar surface area (TPSA) is 64.1 Å². The third-order valence-electron chi connectivity index (χ3n) is 3.25. The summed E-state index contributed by atoms with van der Waals surface area (Å²) in [5.41, 5.74) is 0.658. The van der Waals surface area contributed by atoms with Gasteiger partial charge in [0.25, 0.3) is 0 Å². The molecule has 3 aromatic rings. The van der Waals surface area contributed by atoms with Crippen LogP contribution in [-0.4, -0.2) is 28.3 Å². The lowest BCUT2D eigenvalue weighted by molar-refractivity contribution is -0.0498. The molecular formula is C17H12F3N3O2S2. The van der Waals surface area contributed by atoms with E-state index in [1.165, 1.54) is 53.4 Å². The maximum Gasteiger partial charge on any atom is 0.387 e. The number of rotatable bonds is 8. The number of carbonyl (C=O) groups excluding carboxylic acids is 1. The standard InChI is InChI=1S/C17H12F3N3O2S2/c18-12-3-1-2-4-13(12)21-16-22-23-17(27-16)26-9-14(24)10-5-7-11(8-6-10)25-15(19)20/h1-8,15H,9H2,(H,21,22). The Morgan fingerprint density at radius 3 is 2.59 bits per heavy atom. The summed E-state index contributed by atoms with van der Waals surface area (Å²) in [6.07, 6.45) is 0. The summed E-state index contributed by atoms with van der Waals surface area (Å²) >= 11 is 2.37. The van der Waals surface area contributed by atoms with Crippen molar-refractivity contribution in [2.75, 3.05) is 11.1 Å². The van der Waals surface area contributed by atoms with Crippen molar-refractivity contribution in [1.82, 2.24) is 10.2 Å². The van der Waals surface area contributed by atoms with Crippen molar-refractivity contribution in [2.24, 2.45) is 0 Å². The molecule has 3 rings (SSSR count). The van der Waals surface area contributed by atoms with Gasteiger partial charge in [-0.2, -0.15) is 8.78 Å². The Hall–Kier alpha value is -2.59. The van der Waals surface area contributed by atoms with Crippen LogP contribution in [-0.2, 0) is 0 Å². The molecule has 2 aromatic carbocycles. The summed E-state index contributed by atoms with van der Waals surface area (Å²) in [7, 11) is 0. The monoisotopic (exact) mass is 411 g/mol. The third-order valence-corrected chi connectivity index (χ3v) is 5.22. The normalized spacial score (nSPS) is 10.8. The van der Waals surface area contributed by atoms with E-state index in [-0.39, 0.29) is 23.0 Å². The summed E-state index contributed by atoms with van der Waals surface area (Å²) in [5, 5.41) is 11.1. The van der Waals surface area contributed by atoms with Crippen LogP contribution in [0.25, 0.3) is 0 Å². The molecule has 0 bridgehead atoms. The number of ketones is 1. The summed E-state index contributed by atoms with van der Waals surface area (Å²) < 4.78 is 42.6. The maximum atomic E-state index is 13.6. The molecule has 1 aromatic heterocycles. The lowest BCUT2D eigenvalue weighted by atomic mass is 10.1. The van der Waals surface area contributed by atoms with Crippen molar-refractivity contribution in [3.8, 4) is 5.75 Å². The van der Waals surface area contributed by atoms with Gasteiger partial charge in [-0.25, -0.2) is 4.39 Å². The lowest BCUT2D eigenvalue weighted by Crippen LogP contribution is -2.04. The predicted octanol–water partition coefficient (Wildman–Crippen LogP) is 5.00. The van der Waals surface area contributed by atoms with E-state index in [0.29, 0.717) is 15.0 Å². The molecule has 1 heterocycles. The Labute approximate surface area is 160 Å². The SMILES string of the molecule is O=C(CSc1nnc(Nc2ccccc2F)s1)c1ccc(OC(F)F)cc1. The molecular weight excluding hydrogens is 399 g/mol. The first kappa shape index (κ1) is 19.2. The molecule has 5 nitrogen and oxygen atoms in total. The molecule has 0 unspecified atom stereocenters. The average Bonchev–Trinajstić information content (AvgIpc) is 3.09. The molecule has 0 fully saturated rings. The molecule has 0 aliphatic carbocycles. The second-order valence-corrected chi connectivity index (χ2v) is 7.29. The maximum absolute atomic E-state index is 13.6. The molecule has 140 valence electrons. The number of nitrogens with one attached hydrogen (secondary N) is 1. The molecule has 1 N–H and O–H groups in total. The second kappa shape index (κ2) is 8.87. The number of nitrogens with zero attached hydrogens (tertiary/aromatic N) is 2. The number of Topliss-reactive ketones (excluding diaryl/α,β-unsaturated/α-hetero) is 1. The van der Waals surface area contributed by atoms with Crippen LogP contribution >= 0.6 is 23.1 Å². The summed E-state index contributed by atoms with van der Waals surface area (Å²) in [5.74, 6) is -0.510. The number of hydrogen-bond acceptors (Lipinski definition) is 7. The number of hydrogen-bond donors (Lipinski definition) is 1. The molecule has 27 heavy (non-hydrogen) atoms. The molecule has 0 saturated heterocycles. The number of aromatic nitrogens is 2. The number of thioether (sulfide) groups is 1. The van der Waals surface area contributed by atoms with Crippen LogP contribution in [0.5, 0.6) is 5.75 Å². The number of benzene rings is 2. The van der Waals surface area contributed by atoms with Crippen LogP contribution in [0.4, 0.5) is 24.0 Å². The first-order valence-corrected chi connectivity index (χ1v) is 9.37. The highest BCUT2D eigenvalue weighted by Gasteiger charge is 2.12. The van der Waals surface area contributed by atoms with E-state index in [1.807, 2.05) is 0 Å². The van der Waals surface area contributed by atoms with E-state index < -0.39 is 12.4 Å². The van der Waals surface area contributed by atoms with Gasteiger partial charge in [0.2, 0.25) is 5.13 Å². The second-order valence-electron chi connectivity index (χ2n) is 5.09. The van der Waals surface area contributed by atoms with Crippen LogP contribution in [0, 0.1) is 5.82 Å². The van der Waals surface area contributed by atoms with Crippen LogP contribution in [0.1, 0.15) is 10.4 Å². The van der Waals surface area contributed by atoms with Gasteiger partial charge >= 0.3 is 6.61 Å². The van der Waals surface area contributed by atoms with E-state index in [2.05, 4.69) is 20.3 Å². The first-order chi connectivity index (χ1) is 13.0. The Kier molecular flexibility index (Phi) is 6.30. The number of anilines is 2. The smallest absolute Gasteiger partial charge is 0.387 e. The van der Waals surface area contributed by atoms with Crippen molar-refractivity contribution in [3.05, 3.63) is 59.9 Å². The quantitative estimate of drug-likeness (QED) is 0.416. The zero-order valence-electron chi connectivity index (χ0n) is 13.6. The highest BCUT2D eigenvalue weighted by molar-refractivity contribution is 8.01. The van der Waals surface area contributed by atoms with Crippen LogP contribution in [0.2, 0.25) is 0 Å². The zero-order chi connectivity index (χ0) is 19.2. The number of carbonyl (C=O) groups is 1. The van der Waals surface area contributed by atoms with Crippen molar-refractivity contribution in [1.29, 1.82) is 0 Å². The van der Waals surface area contributed by atoms with Gasteiger partial charge < -0.3 is 10.1 Å². The van der Waals surface area contributed by atoms with E-state index >= 15 is 0 Å². The van der Waals surface area contributed by atoms with Gasteiger partial charge in [-0.05, 0) is 36.4 Å². The molecule has 0 atom stereocenters. The van der Waals surface area contributed by atoms with Gasteiger partial charge in [0.1, 0.15) is 11.6 Å². The summed E-state index contributed by atoms with van der Waals surface area (Å²) in [6, 6.07) is 11.6. The Morgan fingerprint density at radius 2 is 1.89 bits per heavy atom. The molecule has 0 aliphatic heterocycles. The van der Waals surface area contributed by atoms with Gasteiger partial charge in [-0.1, -0.05) is 35.2 Å². The van der Waals surface area contributed by atoms with Gasteiger partial charge in [-0.15, -0.1) is 10.2 Å². The first-order valence-electron chi connectivity index (χ1n) is 7.57. The Balaban J connectivity index is 1.55. The highest BCUT2D eigenvalue weighted by atomic mass is 32.2. The minimum absolute atomic E-state index is 0.0119. The fraction of sp³-hybridized carbons (Fsp3) is 0.118. The summed E-state index contributed by atoms with van der Waals surface area (Å²) in [4.78, 5) is 12.2. The fourth-order valence-corrected chi connectivity index (χ4v) is 3.69. The Bertz CT molecular complexity index is 920. The minimum Gasteiger partial charge on any atom is -0.435 e. The van der Waals surface area contributed by atoms with Gasteiger partial charge in [0.15, 0.2) is 10.1 Å². The van der Waals surface area contributed by atoms with Crippen molar-refractivity contribution in [3.63, 3.8) is 0 Å². The zero-order valence-corrected chi connectivity index (χ0v) is 15.2. The number of halogens is 3. The fourth-order valence-electron chi connectivity index (χ4n) is 2.03. The number of para-hydroxylation sites is 1. The van der Waals surface area contributed by atoms with Crippen LogP contribution in [0.3, 0.4) is 0 Å². The van der Waals surface area contributed by atoms with E-state index in [9.17, 15) is 18.0 Å². The van der Waals surface area contributed by atoms with Crippen LogP contribution < -0.4 is 10.1 Å². The van der Waals surface area contributed by atoms with Crippen molar-refractivity contribution in [2.45, 2.75) is 11.0 Å². The number of alkyl halides is 2. The average molecular weight is 411 g/mol. The lowest BCUT2D eigenvalue weighted by Gasteiger charge is -2.05. The third kappa shape index (κ3) is 5.44. The molecule has 0 aliphatic rings. The molecule has 10 heteroatoms. The molecule has 0 amide bonds. The van der Waals surface area contributed by atoms with Gasteiger partial charge in [0, 0.05) is 5.56 Å². The molecule has 0 saturated carbocycles. The summed E-state index contributed by atoms with van der Waals surface area (Å²) in [6.45, 7) is -2.91. The highest BCUT2D eigenvalue weighted by Crippen LogP contribution is 2.29. The minimum atomic E-state index is -2.91. The van der Waals surface area contributed by atoms with Crippen molar-refractivity contribution < 1.29 is 22.7 Å². The van der Waals surface area contributed by atoms with E-state index in [1.54, 1.807) is 18.2 Å². The Morgan fingerprint density at radius 1 is 1.15 bits per heavy atom. The van der Waals surface area contributed by atoms with E-state index in [0.717, 1.165) is 0 Å². The van der Waals surface area contributed by atoms with Crippen molar-refractivity contribution >= 4 is 39.7 Å². The van der Waals surface area contributed by atoms with E-state index in [4.69, 9.17) is 0 Å². The largest absolute Gasteiger partial charge is 0.435 e. The van der Waals surface area contributed by atoms with Gasteiger partial charge in [-0.3, -0.25) is 4.79 Å². The number of ether oxygens (including phenoxy) is 1. The van der Waals surface area contributed by atoms with Gasteiger partial charge in [0.05, 0.1) is 11.4 Å². The molecule has 0 spiro atoms.